The first-order valence-electron chi connectivity index (χ1n) is 7.71. The van der Waals surface area contributed by atoms with Crippen molar-refractivity contribution in [3.8, 4) is 11.3 Å². The zero-order valence-corrected chi connectivity index (χ0v) is 14.5. The summed E-state index contributed by atoms with van der Waals surface area (Å²) in [6.07, 6.45) is 1.19. The van der Waals surface area contributed by atoms with Crippen molar-refractivity contribution < 1.29 is 13.2 Å². The number of aromatic amines is 1. The summed E-state index contributed by atoms with van der Waals surface area (Å²) >= 11 is 0. The highest BCUT2D eigenvalue weighted by Crippen LogP contribution is 2.19. The molecule has 0 saturated carbocycles. The van der Waals surface area contributed by atoms with Crippen molar-refractivity contribution in [2.75, 3.05) is 32.4 Å². The molecule has 1 aliphatic rings. The molecule has 1 aliphatic heterocycles. The number of nitrogens with one attached hydrogen (secondary N) is 1. The number of amides is 1. The number of nitrogens with zero attached hydrogens (tertiary/aromatic N) is 3. The van der Waals surface area contributed by atoms with E-state index in [9.17, 15) is 13.2 Å². The Bertz CT molecular complexity index is 834. The topological polar surface area (TPSA) is 86.4 Å². The van der Waals surface area contributed by atoms with Crippen molar-refractivity contribution in [3.05, 3.63) is 41.6 Å². The normalized spacial score (nSPS) is 16.3. The molecule has 8 heteroatoms. The molecule has 0 aliphatic carbocycles. The maximum absolute atomic E-state index is 12.5. The molecule has 1 fully saturated rings. The molecule has 1 amide bonds. The van der Waals surface area contributed by atoms with Crippen molar-refractivity contribution in [1.29, 1.82) is 0 Å². The monoisotopic (exact) mass is 348 g/mol. The summed E-state index contributed by atoms with van der Waals surface area (Å²) in [4.78, 5) is 14.2. The van der Waals surface area contributed by atoms with E-state index in [0.29, 0.717) is 37.6 Å². The average Bonchev–Trinajstić information content (AvgIpc) is 3.04. The maximum Gasteiger partial charge on any atom is 0.271 e. The lowest BCUT2D eigenvalue weighted by Gasteiger charge is -2.32. The predicted molar refractivity (Wildman–Crippen MR) is 91.1 cm³/mol. The van der Waals surface area contributed by atoms with Crippen LogP contribution in [0.2, 0.25) is 0 Å². The Hall–Kier alpha value is -2.19. The molecule has 1 aromatic heterocycles. The van der Waals surface area contributed by atoms with Crippen LogP contribution in [-0.4, -0.2) is 66.2 Å². The zero-order valence-electron chi connectivity index (χ0n) is 13.7. The van der Waals surface area contributed by atoms with E-state index in [1.165, 1.54) is 10.6 Å². The molecule has 0 radical (unpaired) electrons. The van der Waals surface area contributed by atoms with Gasteiger partial charge in [-0.3, -0.25) is 9.89 Å². The number of aromatic nitrogens is 2. The first-order valence-corrected chi connectivity index (χ1v) is 9.56. The zero-order chi connectivity index (χ0) is 17.3. The Balaban J connectivity index is 1.70. The molecular formula is C16H20N4O3S. The molecule has 1 aromatic carbocycles. The van der Waals surface area contributed by atoms with E-state index in [1.54, 1.807) is 11.0 Å². The summed E-state index contributed by atoms with van der Waals surface area (Å²) in [5, 5.41) is 6.99. The quantitative estimate of drug-likeness (QED) is 0.900. The minimum Gasteiger partial charge on any atom is -0.335 e. The maximum atomic E-state index is 12.5. The number of H-pyrrole nitrogens is 1. The van der Waals surface area contributed by atoms with Gasteiger partial charge in [0.15, 0.2) is 0 Å². The lowest BCUT2D eigenvalue weighted by atomic mass is 10.1. The Morgan fingerprint density at radius 3 is 2.33 bits per heavy atom. The fraction of sp³-hybridized carbons (Fsp3) is 0.375. The van der Waals surface area contributed by atoms with Gasteiger partial charge in [-0.1, -0.05) is 29.8 Å². The molecule has 2 heterocycles. The lowest BCUT2D eigenvalue weighted by molar-refractivity contribution is 0.0692. The molecule has 3 rings (SSSR count). The number of aryl methyl sites for hydroxylation is 1. The van der Waals surface area contributed by atoms with E-state index in [0.717, 1.165) is 11.1 Å². The van der Waals surface area contributed by atoms with Crippen LogP contribution in [0.15, 0.2) is 30.3 Å². The highest BCUT2D eigenvalue weighted by Gasteiger charge is 2.27. The summed E-state index contributed by atoms with van der Waals surface area (Å²) in [6.45, 7) is 3.42. The molecule has 0 bridgehead atoms. The molecule has 24 heavy (non-hydrogen) atoms. The van der Waals surface area contributed by atoms with Crippen LogP contribution in [-0.2, 0) is 10.0 Å². The van der Waals surface area contributed by atoms with Gasteiger partial charge in [0.25, 0.3) is 5.91 Å². The summed E-state index contributed by atoms with van der Waals surface area (Å²) in [5.74, 6) is -0.158. The number of hydrogen-bond acceptors (Lipinski definition) is 4. The molecule has 0 spiro atoms. The second kappa shape index (κ2) is 6.37. The van der Waals surface area contributed by atoms with Gasteiger partial charge in [-0.15, -0.1) is 0 Å². The van der Waals surface area contributed by atoms with Gasteiger partial charge in [0.1, 0.15) is 5.69 Å². The van der Waals surface area contributed by atoms with Gasteiger partial charge in [0, 0.05) is 31.7 Å². The summed E-state index contributed by atoms with van der Waals surface area (Å²) < 4.78 is 24.4. The summed E-state index contributed by atoms with van der Waals surface area (Å²) in [5.41, 5.74) is 3.23. The third-order valence-electron chi connectivity index (χ3n) is 4.15. The van der Waals surface area contributed by atoms with Crippen LogP contribution < -0.4 is 0 Å². The largest absolute Gasteiger partial charge is 0.335 e. The van der Waals surface area contributed by atoms with Crippen molar-refractivity contribution in [2.45, 2.75) is 6.92 Å². The van der Waals surface area contributed by atoms with Crippen molar-refractivity contribution in [3.63, 3.8) is 0 Å². The van der Waals surface area contributed by atoms with E-state index in [2.05, 4.69) is 10.2 Å². The SMILES string of the molecule is Cc1ccc(-c2cc(C(=O)N3CCN(S(C)(=O)=O)CC3)[nH]n2)cc1. The van der Waals surface area contributed by atoms with Crippen LogP contribution in [0.4, 0.5) is 0 Å². The minimum atomic E-state index is -3.20. The predicted octanol–water partition coefficient (Wildman–Crippen LogP) is 1.10. The Kier molecular flexibility index (Phi) is 4.42. The smallest absolute Gasteiger partial charge is 0.271 e. The van der Waals surface area contributed by atoms with E-state index in [4.69, 9.17) is 0 Å². The number of piperazine rings is 1. The van der Waals surface area contributed by atoms with Gasteiger partial charge in [0.2, 0.25) is 10.0 Å². The molecule has 128 valence electrons. The number of sulfonamides is 1. The number of carbonyl (C=O) groups excluding carboxylic acids is 1. The average molecular weight is 348 g/mol. The lowest BCUT2D eigenvalue weighted by Crippen LogP contribution is -2.50. The molecule has 1 N–H and O–H groups in total. The Morgan fingerprint density at radius 1 is 1.12 bits per heavy atom. The van der Waals surface area contributed by atoms with Crippen molar-refractivity contribution in [1.82, 2.24) is 19.4 Å². The molecule has 7 nitrogen and oxygen atoms in total. The number of rotatable bonds is 3. The fourth-order valence-electron chi connectivity index (χ4n) is 2.70. The van der Waals surface area contributed by atoms with Crippen molar-refractivity contribution in [2.24, 2.45) is 0 Å². The van der Waals surface area contributed by atoms with Gasteiger partial charge < -0.3 is 4.90 Å². The molecular weight excluding hydrogens is 328 g/mol. The van der Waals surface area contributed by atoms with E-state index >= 15 is 0 Å². The van der Waals surface area contributed by atoms with E-state index in [1.807, 2.05) is 31.2 Å². The van der Waals surface area contributed by atoms with Gasteiger partial charge >= 0.3 is 0 Å². The van der Waals surface area contributed by atoms with Gasteiger partial charge in [-0.2, -0.15) is 9.40 Å². The van der Waals surface area contributed by atoms with Gasteiger partial charge in [-0.25, -0.2) is 8.42 Å². The Labute approximate surface area is 141 Å². The van der Waals surface area contributed by atoms with Gasteiger partial charge in [0.05, 0.1) is 11.9 Å². The second-order valence-electron chi connectivity index (χ2n) is 5.99. The molecule has 1 saturated heterocycles. The van der Waals surface area contributed by atoms with E-state index < -0.39 is 10.0 Å². The molecule has 0 atom stereocenters. The highest BCUT2D eigenvalue weighted by atomic mass is 32.2. The van der Waals surface area contributed by atoms with Crippen LogP contribution in [0.25, 0.3) is 11.3 Å². The first kappa shape index (κ1) is 16.7. The summed E-state index contributed by atoms with van der Waals surface area (Å²) in [6, 6.07) is 9.65. The van der Waals surface area contributed by atoms with Crippen LogP contribution in [0.3, 0.4) is 0 Å². The molecule has 0 unspecified atom stereocenters. The highest BCUT2D eigenvalue weighted by molar-refractivity contribution is 7.88. The minimum absolute atomic E-state index is 0.158. The fourth-order valence-corrected chi connectivity index (χ4v) is 3.52. The first-order chi connectivity index (χ1) is 11.3. The van der Waals surface area contributed by atoms with Crippen LogP contribution in [0.5, 0.6) is 0 Å². The van der Waals surface area contributed by atoms with Crippen molar-refractivity contribution >= 4 is 15.9 Å². The Morgan fingerprint density at radius 2 is 1.75 bits per heavy atom. The van der Waals surface area contributed by atoms with E-state index in [-0.39, 0.29) is 5.91 Å². The third kappa shape index (κ3) is 3.49. The van der Waals surface area contributed by atoms with Crippen LogP contribution in [0, 0.1) is 6.92 Å². The molecule has 2 aromatic rings. The second-order valence-corrected chi connectivity index (χ2v) is 7.97. The number of benzene rings is 1. The number of carbonyl (C=O) groups is 1. The van der Waals surface area contributed by atoms with Gasteiger partial charge in [-0.05, 0) is 13.0 Å². The standard InChI is InChI=1S/C16H20N4O3S/c1-12-3-5-13(6-4-12)14-11-15(18-17-14)16(21)19-7-9-20(10-8-19)24(2,22)23/h3-6,11H,7-10H2,1-2H3,(H,17,18). The number of hydrogen-bond donors (Lipinski definition) is 1. The summed E-state index contributed by atoms with van der Waals surface area (Å²) in [7, 11) is -3.20. The van der Waals surface area contributed by atoms with Crippen LogP contribution in [0.1, 0.15) is 16.1 Å². The third-order valence-corrected chi connectivity index (χ3v) is 5.45. The van der Waals surface area contributed by atoms with Crippen LogP contribution >= 0.6 is 0 Å².